The van der Waals surface area contributed by atoms with E-state index in [1.165, 1.54) is 60.8 Å². The highest BCUT2D eigenvalue weighted by Gasteiger charge is 2.81. The van der Waals surface area contributed by atoms with Crippen molar-refractivity contribution in [2.45, 2.75) is 243 Å². The lowest BCUT2D eigenvalue weighted by atomic mass is 9.27. The third kappa shape index (κ3) is 6.82. The first-order valence-electron chi connectivity index (χ1n) is 33.2. The second-order valence-electron chi connectivity index (χ2n) is 31.7. The third-order valence-electron chi connectivity index (χ3n) is 28.2. The number of aromatic nitrogens is 3. The Bertz CT molecular complexity index is 3350. The molecule has 1 spiro atoms. The van der Waals surface area contributed by atoms with Crippen LogP contribution in [0, 0.1) is 62.1 Å². The van der Waals surface area contributed by atoms with Crippen LogP contribution in [0.5, 0.6) is 0 Å². The number of nitrogens with one attached hydrogen (secondary N) is 2. The molecule has 0 radical (unpaired) electrons. The van der Waals surface area contributed by atoms with Crippen LogP contribution in [0.4, 0.5) is 0 Å². The van der Waals surface area contributed by atoms with E-state index in [1.807, 2.05) is 0 Å². The van der Waals surface area contributed by atoms with Gasteiger partial charge in [-0.25, -0.2) is 0 Å². The summed E-state index contributed by atoms with van der Waals surface area (Å²) in [7, 11) is 0. The predicted molar refractivity (Wildman–Crippen MR) is 317 cm³/mol. The maximum absolute atomic E-state index is 16.3. The summed E-state index contributed by atoms with van der Waals surface area (Å²) in [6, 6.07) is 7.17. The number of aldehydes is 1. The molecule has 0 unspecified atom stereocenters. The third-order valence-corrected chi connectivity index (χ3v) is 28.2. The van der Waals surface area contributed by atoms with E-state index < -0.39 is 56.7 Å². The molecule has 8 fully saturated rings. The molecule has 16 rings (SSSR count). The predicted octanol–water partition coefficient (Wildman–Crippen LogP) is 13.8. The van der Waals surface area contributed by atoms with Gasteiger partial charge in [-0.05, 0) is 225 Å². The molecule has 4 aromatic rings. The summed E-state index contributed by atoms with van der Waals surface area (Å²) in [5, 5.41) is 27.1. The Kier molecular flexibility index (Phi) is 11.7. The molecule has 6 saturated carbocycles. The summed E-state index contributed by atoms with van der Waals surface area (Å²) < 4.78 is 14.6. The Labute approximate surface area is 486 Å². The monoisotopic (exact) mass is 1110 g/mol. The summed E-state index contributed by atoms with van der Waals surface area (Å²) in [5.74, 6) is 1.64. The van der Waals surface area contributed by atoms with Gasteiger partial charge in [-0.2, -0.15) is 0 Å². The molecule has 438 valence electrons. The van der Waals surface area contributed by atoms with Gasteiger partial charge in [0, 0.05) is 78.3 Å². The molecule has 0 amide bonds. The average Bonchev–Trinajstić information content (AvgIpc) is 3.07. The molecule has 6 heterocycles. The van der Waals surface area contributed by atoms with Gasteiger partial charge in [0.05, 0.1) is 40.7 Å². The van der Waals surface area contributed by atoms with Gasteiger partial charge < -0.3 is 39.0 Å². The average molecular weight is 1110 g/mol. The Morgan fingerprint density at radius 3 is 2.35 bits per heavy atom. The second kappa shape index (κ2) is 18.0. The summed E-state index contributed by atoms with van der Waals surface area (Å²) in [6.45, 7) is 18.3. The fourth-order valence-corrected chi connectivity index (χ4v) is 24.3. The van der Waals surface area contributed by atoms with Gasteiger partial charge >= 0.3 is 0 Å². The molecule has 12 aliphatic rings. The van der Waals surface area contributed by atoms with Crippen LogP contribution in [0.15, 0.2) is 47.9 Å². The SMILES string of the molecule is CC1(C)O[C@@H]1[C@H](O)C[C@]1(C)CCc2c[nH]c3c([C@H](C=O)c4cc(C5CCOCC5)c5c(c4)[C@@H]4CCCC[C@@H]4CC5)cn(c23)C[C@@H]2C3=C1C(=O)C[C@]3(C)[C@@]1(C)CC[C@@H]3[C@](C)([C@H]1[C@@H]2O)[C@@]12CC[C@@H](C1)c1[nH]ccc1[C@@H]2C(=O)[C@@]3(C)C1CCCC1. The Balaban J connectivity index is 0.892. The molecule has 3 aromatic heterocycles. The number of Topliss-reactive ketones (excluding diaryl/α,β-unsaturated/α-hetero) is 2. The van der Waals surface area contributed by atoms with E-state index in [0.29, 0.717) is 67.6 Å². The largest absolute Gasteiger partial charge is 0.392 e. The topological polar surface area (TPSA) is 150 Å². The van der Waals surface area contributed by atoms with Crippen molar-refractivity contribution in [1.29, 1.82) is 0 Å². The van der Waals surface area contributed by atoms with Gasteiger partial charge in [-0.1, -0.05) is 72.4 Å². The molecule has 3 aliphatic heterocycles. The number of aryl methyl sites for hydroxylation is 1. The molecule has 82 heavy (non-hydrogen) atoms. The zero-order chi connectivity index (χ0) is 56.4. The van der Waals surface area contributed by atoms with Crippen LogP contribution in [-0.2, 0) is 43.2 Å². The first kappa shape index (κ1) is 53.4. The minimum atomic E-state index is -0.833. The van der Waals surface area contributed by atoms with E-state index in [2.05, 4.69) is 99.8 Å². The smallest absolute Gasteiger partial charge is 0.160 e. The number of rotatable bonds is 8. The molecular weight excluding hydrogens is 1020 g/mol. The van der Waals surface area contributed by atoms with Crippen molar-refractivity contribution in [2.24, 2.45) is 62.1 Å². The van der Waals surface area contributed by atoms with Gasteiger partial charge in [0.1, 0.15) is 18.2 Å². The molecular formula is C72H93N3O7. The van der Waals surface area contributed by atoms with E-state index >= 15 is 9.59 Å². The second-order valence-corrected chi connectivity index (χ2v) is 31.7. The number of aliphatic hydroxyl groups is 2. The van der Waals surface area contributed by atoms with Gasteiger partial charge in [0.15, 0.2) is 5.78 Å². The van der Waals surface area contributed by atoms with E-state index in [1.54, 1.807) is 5.56 Å². The number of aliphatic hydroxyl groups excluding tert-OH is 2. The highest BCUT2D eigenvalue weighted by Crippen LogP contribution is 2.84. The Morgan fingerprint density at radius 1 is 0.829 bits per heavy atom. The summed E-state index contributed by atoms with van der Waals surface area (Å²) in [4.78, 5) is 54.3. The molecule has 1 aromatic carbocycles. The quantitative estimate of drug-likeness (QED) is 0.101. The molecule has 2 saturated heterocycles. The number of ether oxygens (including phenoxy) is 2. The Hall–Kier alpha value is -4.09. The zero-order valence-electron chi connectivity index (χ0n) is 50.4. The van der Waals surface area contributed by atoms with Crippen LogP contribution in [0.2, 0.25) is 0 Å². The first-order chi connectivity index (χ1) is 39.3. The minimum absolute atomic E-state index is 0.0902. The van der Waals surface area contributed by atoms with Crippen molar-refractivity contribution >= 4 is 28.9 Å². The van der Waals surface area contributed by atoms with Crippen LogP contribution < -0.4 is 0 Å². The van der Waals surface area contributed by atoms with Gasteiger partial charge in [0.2, 0.25) is 0 Å². The maximum atomic E-state index is 16.3. The van der Waals surface area contributed by atoms with Crippen LogP contribution in [0.1, 0.15) is 245 Å². The highest BCUT2D eigenvalue weighted by molar-refractivity contribution is 6.02. The molecule has 4 N–H and O–H groups in total. The molecule has 17 atom stereocenters. The molecule has 2 bridgehead atoms. The summed E-state index contributed by atoms with van der Waals surface area (Å²) in [6.07, 6.45) is 26.6. The van der Waals surface area contributed by atoms with E-state index in [4.69, 9.17) is 9.47 Å². The lowest BCUT2D eigenvalue weighted by Crippen LogP contribution is -2.74. The van der Waals surface area contributed by atoms with Gasteiger partial charge in [-0.3, -0.25) is 9.59 Å². The maximum Gasteiger partial charge on any atom is 0.160 e. The summed E-state index contributed by atoms with van der Waals surface area (Å²) >= 11 is 0. The minimum Gasteiger partial charge on any atom is -0.392 e. The number of allylic oxidation sites excluding steroid dienone is 1. The number of nitrogens with zero attached hydrogens (tertiary/aromatic N) is 1. The fraction of sp³-hybridized carbons (Fsp3) is 0.708. The van der Waals surface area contributed by atoms with Gasteiger partial charge in [0.25, 0.3) is 0 Å². The number of ketones is 2. The van der Waals surface area contributed by atoms with E-state index in [0.717, 1.165) is 129 Å². The number of epoxide rings is 1. The number of benzene rings is 1. The van der Waals surface area contributed by atoms with E-state index in [-0.39, 0.29) is 35.1 Å². The standard InChI is InChI=1S/C72H93N3O7/c1-66(2)65(82-66)54(78)33-67(3)24-18-42-35-74-60-50(52(38-76)43-30-48(40-22-28-81-29-23-40)46-17-16-39-12-8-11-15-45(39)49(46)31-43)36-75(61(42)60)37-51-56-58(67)53(77)34-69(56,5)68(4)25-20-55-70(6,44-13-9-10-14-44)64(80)57-47-21-27-73-59(47)41-19-26-72(57,32-41)71(55,7)63(68)62(51)79/h21,27,30-31,35-36,38-41,44-45,51-52,54-55,57,62-63,65,73-74,78-79H,8-20,22-26,28-29,32-34,37H2,1-7H3/t39-,41+,45-,51-,52-,54-,55+,57-,62-,63+,65-,67+,68+,69+,70+,71-,72+/m1/s1. The van der Waals surface area contributed by atoms with Crippen molar-refractivity contribution < 1.29 is 34.1 Å². The van der Waals surface area contributed by atoms with Crippen LogP contribution in [0.3, 0.4) is 0 Å². The number of carbonyl (C=O) groups is 3. The number of fused-ring (bicyclic) bond motifs is 11. The first-order valence-corrected chi connectivity index (χ1v) is 33.2. The van der Waals surface area contributed by atoms with Crippen molar-refractivity contribution in [1.82, 2.24) is 14.5 Å². The number of carbonyl (C=O) groups excluding carboxylic acids is 3. The number of hydrogen-bond acceptors (Lipinski definition) is 7. The van der Waals surface area contributed by atoms with Crippen LogP contribution >= 0.6 is 0 Å². The zero-order valence-corrected chi connectivity index (χ0v) is 50.4. The van der Waals surface area contributed by atoms with Crippen molar-refractivity contribution in [2.75, 3.05) is 13.2 Å². The van der Waals surface area contributed by atoms with Crippen LogP contribution in [0.25, 0.3) is 11.0 Å². The number of hydrogen-bond donors (Lipinski definition) is 4. The van der Waals surface area contributed by atoms with Crippen molar-refractivity contribution in [3.8, 4) is 0 Å². The Morgan fingerprint density at radius 2 is 1.59 bits per heavy atom. The fourth-order valence-electron chi connectivity index (χ4n) is 24.3. The van der Waals surface area contributed by atoms with E-state index in [9.17, 15) is 15.0 Å². The van der Waals surface area contributed by atoms with Crippen molar-refractivity contribution in [3.63, 3.8) is 0 Å². The lowest BCUT2D eigenvalue weighted by Gasteiger charge is -2.76. The number of aromatic amines is 2. The number of H-pyrrole nitrogens is 2. The van der Waals surface area contributed by atoms with Crippen molar-refractivity contribution in [3.05, 3.63) is 92.6 Å². The summed E-state index contributed by atoms with van der Waals surface area (Å²) in [5.41, 5.74) is 10.7. The highest BCUT2D eigenvalue weighted by atomic mass is 16.6. The molecule has 9 aliphatic carbocycles. The lowest BCUT2D eigenvalue weighted by molar-refractivity contribution is -0.271. The molecule has 10 nitrogen and oxygen atoms in total. The van der Waals surface area contributed by atoms with Gasteiger partial charge in [-0.15, -0.1) is 0 Å². The van der Waals surface area contributed by atoms with Crippen LogP contribution in [-0.4, -0.2) is 79.7 Å². The molecule has 10 heteroatoms. The normalized spacial score (nSPS) is 42.6.